The number of aliphatic hydroxyl groups is 1. The Morgan fingerprint density at radius 2 is 1.82 bits per heavy atom. The van der Waals surface area contributed by atoms with Crippen LogP contribution in [0.3, 0.4) is 0 Å². The average Bonchev–Trinajstić information content (AvgIpc) is 3.17. The van der Waals surface area contributed by atoms with Crippen LogP contribution in [0.2, 0.25) is 0 Å². The number of benzene rings is 2. The Morgan fingerprint density at radius 1 is 1.15 bits per heavy atom. The number of aliphatic hydroxyl groups excluding tert-OH is 1. The van der Waals surface area contributed by atoms with Gasteiger partial charge in [0.15, 0.2) is 5.69 Å². The van der Waals surface area contributed by atoms with Crippen LogP contribution < -0.4 is 11.1 Å². The summed E-state index contributed by atoms with van der Waals surface area (Å²) in [6.45, 7) is 1.96. The molecule has 1 aromatic heterocycles. The van der Waals surface area contributed by atoms with Crippen molar-refractivity contribution in [2.24, 2.45) is 0 Å². The molecule has 0 radical (unpaired) electrons. The molecule has 1 saturated carbocycles. The van der Waals surface area contributed by atoms with Crippen LogP contribution in [0.1, 0.15) is 69.3 Å². The first kappa shape index (κ1) is 23.4. The number of carboxylic acid groups (broad SMARTS) is 1. The number of anilines is 1. The van der Waals surface area contributed by atoms with Gasteiger partial charge in [0.25, 0.3) is 5.91 Å². The number of halogens is 1. The van der Waals surface area contributed by atoms with E-state index in [1.807, 2.05) is 0 Å². The molecule has 1 aliphatic carbocycles. The highest BCUT2D eigenvalue weighted by atomic mass is 19.1. The number of aromatic nitrogens is 2. The smallest absolute Gasteiger partial charge is 0.356 e. The van der Waals surface area contributed by atoms with Gasteiger partial charge < -0.3 is 21.3 Å². The molecule has 5 N–H and O–H groups in total. The number of amides is 1. The number of aryl methyl sites for hydroxylation is 1. The van der Waals surface area contributed by atoms with Crippen molar-refractivity contribution in [1.29, 1.82) is 0 Å². The molecule has 4 rings (SSSR count). The predicted octanol–water partition coefficient (Wildman–Crippen LogP) is 3.55. The number of carboxylic acids is 1. The zero-order valence-electron chi connectivity index (χ0n) is 18.8. The van der Waals surface area contributed by atoms with Crippen LogP contribution in [0.25, 0.3) is 5.69 Å². The van der Waals surface area contributed by atoms with Gasteiger partial charge in [0.2, 0.25) is 0 Å². The van der Waals surface area contributed by atoms with Gasteiger partial charge in [-0.1, -0.05) is 18.2 Å². The topological polar surface area (TPSA) is 130 Å². The second kappa shape index (κ2) is 9.64. The summed E-state index contributed by atoms with van der Waals surface area (Å²) in [6.07, 6.45) is 2.33. The molecule has 1 amide bonds. The largest absolute Gasteiger partial charge is 0.476 e. The van der Waals surface area contributed by atoms with Crippen LogP contribution in [0, 0.1) is 12.7 Å². The van der Waals surface area contributed by atoms with Crippen LogP contribution in [0.5, 0.6) is 0 Å². The Labute approximate surface area is 196 Å². The van der Waals surface area contributed by atoms with Gasteiger partial charge in [0.05, 0.1) is 23.2 Å². The number of nitrogen functional groups attached to an aromatic ring is 1. The zero-order valence-corrected chi connectivity index (χ0v) is 18.8. The number of carbonyl (C=O) groups is 2. The summed E-state index contributed by atoms with van der Waals surface area (Å²) < 4.78 is 14.8. The summed E-state index contributed by atoms with van der Waals surface area (Å²) in [4.78, 5) is 24.4. The molecule has 0 aliphatic heterocycles. The van der Waals surface area contributed by atoms with E-state index in [9.17, 15) is 24.2 Å². The van der Waals surface area contributed by atoms with Gasteiger partial charge >= 0.3 is 5.97 Å². The summed E-state index contributed by atoms with van der Waals surface area (Å²) >= 11 is 0. The first-order valence-electron chi connectivity index (χ1n) is 11.2. The Bertz CT molecular complexity index is 1210. The monoisotopic (exact) mass is 466 g/mol. The molecule has 1 fully saturated rings. The molecule has 9 heteroatoms. The second-order valence-corrected chi connectivity index (χ2v) is 8.68. The number of hydrogen-bond donors (Lipinski definition) is 4. The molecule has 0 unspecified atom stereocenters. The Balaban J connectivity index is 1.52. The molecule has 0 bridgehead atoms. The fourth-order valence-electron chi connectivity index (χ4n) is 4.36. The summed E-state index contributed by atoms with van der Waals surface area (Å²) in [7, 11) is 0. The minimum Gasteiger partial charge on any atom is -0.476 e. The van der Waals surface area contributed by atoms with Gasteiger partial charge in [-0.3, -0.25) is 4.79 Å². The number of carbonyl (C=O) groups excluding carboxylic acids is 1. The Hall–Kier alpha value is -3.72. The van der Waals surface area contributed by atoms with E-state index < -0.39 is 11.8 Å². The molecular weight excluding hydrogens is 439 g/mol. The van der Waals surface area contributed by atoms with E-state index in [0.29, 0.717) is 42.6 Å². The maximum atomic E-state index is 13.5. The van der Waals surface area contributed by atoms with Crippen molar-refractivity contribution < 1.29 is 24.2 Å². The molecule has 8 nitrogen and oxygen atoms in total. The van der Waals surface area contributed by atoms with E-state index in [-0.39, 0.29) is 41.4 Å². The third kappa shape index (κ3) is 4.79. The molecule has 0 saturated heterocycles. The number of nitrogens with one attached hydrogen (secondary N) is 1. The number of nitrogens with two attached hydrogens (primary N) is 1. The standard InChI is InChI=1S/C25H27FN4O4/c1-14-2-7-17(26)12-20(14)24(32)28-13-15-3-8-18(9-4-15)30-23(25(33)34)21(27)22(29-30)16-5-10-19(31)11-6-16/h2-4,7-9,12,16,19,31H,5-6,10-11,13,27H2,1H3,(H,28,32)(H,33,34). The van der Waals surface area contributed by atoms with Crippen molar-refractivity contribution in [2.45, 2.75) is 51.2 Å². The summed E-state index contributed by atoms with van der Waals surface area (Å²) in [5, 5.41) is 26.8. The van der Waals surface area contributed by atoms with Crippen LogP contribution in [0.15, 0.2) is 42.5 Å². The molecular formula is C25H27FN4O4. The van der Waals surface area contributed by atoms with Gasteiger partial charge in [-0.25, -0.2) is 13.9 Å². The van der Waals surface area contributed by atoms with E-state index in [1.54, 1.807) is 37.3 Å². The SMILES string of the molecule is Cc1ccc(F)cc1C(=O)NCc1ccc(-n2nc(C3CCC(O)CC3)c(N)c2C(=O)O)cc1. The fourth-order valence-corrected chi connectivity index (χ4v) is 4.36. The van der Waals surface area contributed by atoms with Gasteiger partial charge in [0.1, 0.15) is 5.82 Å². The zero-order chi connectivity index (χ0) is 24.4. The molecule has 1 aliphatic rings. The van der Waals surface area contributed by atoms with E-state index >= 15 is 0 Å². The van der Waals surface area contributed by atoms with Crippen LogP contribution in [0.4, 0.5) is 10.1 Å². The third-order valence-electron chi connectivity index (χ3n) is 6.31. The lowest BCUT2D eigenvalue weighted by atomic mass is 9.85. The lowest BCUT2D eigenvalue weighted by Gasteiger charge is -2.24. The van der Waals surface area contributed by atoms with E-state index in [4.69, 9.17) is 5.73 Å². The van der Waals surface area contributed by atoms with E-state index in [2.05, 4.69) is 10.4 Å². The summed E-state index contributed by atoms with van der Waals surface area (Å²) in [6, 6.07) is 11.0. The first-order chi connectivity index (χ1) is 16.2. The second-order valence-electron chi connectivity index (χ2n) is 8.68. The van der Waals surface area contributed by atoms with Crippen LogP contribution in [-0.2, 0) is 6.54 Å². The van der Waals surface area contributed by atoms with Crippen LogP contribution in [-0.4, -0.2) is 38.0 Å². The molecule has 0 atom stereocenters. The maximum absolute atomic E-state index is 13.5. The first-order valence-corrected chi connectivity index (χ1v) is 11.2. The minimum absolute atomic E-state index is 0.00326. The Kier molecular flexibility index (Phi) is 6.65. The van der Waals surface area contributed by atoms with Gasteiger partial charge in [-0.05, 0) is 68.0 Å². The predicted molar refractivity (Wildman–Crippen MR) is 124 cm³/mol. The number of rotatable bonds is 6. The summed E-state index contributed by atoms with van der Waals surface area (Å²) in [5.74, 6) is -2.02. The molecule has 178 valence electrons. The van der Waals surface area contributed by atoms with Crippen molar-refractivity contribution >= 4 is 17.6 Å². The molecule has 1 heterocycles. The Morgan fingerprint density at radius 3 is 2.47 bits per heavy atom. The number of nitrogens with zero attached hydrogens (tertiary/aromatic N) is 2. The highest BCUT2D eigenvalue weighted by Gasteiger charge is 2.29. The van der Waals surface area contributed by atoms with Crippen LogP contribution >= 0.6 is 0 Å². The highest BCUT2D eigenvalue weighted by molar-refractivity contribution is 5.95. The van der Waals surface area contributed by atoms with Crippen molar-refractivity contribution in [2.75, 3.05) is 5.73 Å². The van der Waals surface area contributed by atoms with Gasteiger partial charge in [-0.2, -0.15) is 5.10 Å². The maximum Gasteiger partial charge on any atom is 0.356 e. The summed E-state index contributed by atoms with van der Waals surface area (Å²) in [5.41, 5.74) is 9.06. The third-order valence-corrected chi connectivity index (χ3v) is 6.31. The molecule has 3 aromatic rings. The fraction of sp³-hybridized carbons (Fsp3) is 0.320. The number of aromatic carboxylic acids is 1. The van der Waals surface area contributed by atoms with E-state index in [1.165, 1.54) is 16.8 Å². The quantitative estimate of drug-likeness (QED) is 0.440. The normalized spacial score (nSPS) is 18.0. The van der Waals surface area contributed by atoms with Crippen molar-refractivity contribution in [3.63, 3.8) is 0 Å². The van der Waals surface area contributed by atoms with Gasteiger partial charge in [-0.15, -0.1) is 0 Å². The van der Waals surface area contributed by atoms with Crippen molar-refractivity contribution in [1.82, 2.24) is 15.1 Å². The van der Waals surface area contributed by atoms with Gasteiger partial charge in [0, 0.05) is 18.0 Å². The molecule has 2 aromatic carbocycles. The minimum atomic E-state index is -1.17. The molecule has 34 heavy (non-hydrogen) atoms. The van der Waals surface area contributed by atoms with E-state index in [0.717, 1.165) is 5.56 Å². The van der Waals surface area contributed by atoms with Crippen molar-refractivity contribution in [3.8, 4) is 5.69 Å². The molecule has 0 spiro atoms. The highest BCUT2D eigenvalue weighted by Crippen LogP contribution is 2.37. The number of hydrogen-bond acceptors (Lipinski definition) is 5. The van der Waals surface area contributed by atoms with Crippen molar-refractivity contribution in [3.05, 3.63) is 76.4 Å². The average molecular weight is 467 g/mol. The lowest BCUT2D eigenvalue weighted by Crippen LogP contribution is -2.23. The lowest BCUT2D eigenvalue weighted by molar-refractivity contribution is 0.0687.